The number of fused-ring (bicyclic) bond motifs is 1. The molecule has 0 saturated carbocycles. The van der Waals surface area contributed by atoms with Gasteiger partial charge in [0.05, 0.1) is 16.9 Å². The standard InChI is InChI=1S/C25H27N3O7S2/c1-33-21-4-2-3-20(16-21)27-11-13-28(14-12-27)37(31,32)23-8-6-22(7-9-23)36(29,30)26-17-19-5-10-24-25(15-19)35-18-34-24/h2-10,15-16,26H,11-14,17-18H2,1H3. The Balaban J connectivity index is 1.22. The molecule has 0 radical (unpaired) electrons. The Morgan fingerprint density at radius 1 is 0.838 bits per heavy atom. The van der Waals surface area contributed by atoms with E-state index in [9.17, 15) is 16.8 Å². The molecule has 37 heavy (non-hydrogen) atoms. The maximum Gasteiger partial charge on any atom is 0.243 e. The molecule has 2 heterocycles. The minimum atomic E-state index is -3.85. The van der Waals surface area contributed by atoms with Crippen LogP contribution < -0.4 is 23.8 Å². The van der Waals surface area contributed by atoms with Crippen LogP contribution in [0.4, 0.5) is 5.69 Å². The van der Waals surface area contributed by atoms with E-state index in [1.54, 1.807) is 25.3 Å². The van der Waals surface area contributed by atoms with E-state index in [1.165, 1.54) is 28.6 Å². The van der Waals surface area contributed by atoms with Crippen molar-refractivity contribution >= 4 is 25.7 Å². The minimum absolute atomic E-state index is 0.0185. The van der Waals surface area contributed by atoms with E-state index in [-0.39, 0.29) is 23.1 Å². The van der Waals surface area contributed by atoms with Crippen molar-refractivity contribution in [1.82, 2.24) is 9.03 Å². The van der Waals surface area contributed by atoms with Crippen LogP contribution in [-0.4, -0.2) is 61.2 Å². The van der Waals surface area contributed by atoms with Gasteiger partial charge >= 0.3 is 0 Å². The van der Waals surface area contributed by atoms with Crippen LogP contribution >= 0.6 is 0 Å². The first-order valence-corrected chi connectivity index (χ1v) is 14.6. The van der Waals surface area contributed by atoms with Crippen molar-refractivity contribution in [2.75, 3.05) is 45.0 Å². The molecule has 0 atom stereocenters. The Hall–Kier alpha value is -3.32. The molecule has 10 nitrogen and oxygen atoms in total. The van der Waals surface area contributed by atoms with Gasteiger partial charge in [0.25, 0.3) is 0 Å². The van der Waals surface area contributed by atoms with E-state index in [2.05, 4.69) is 9.62 Å². The molecule has 0 amide bonds. The first-order chi connectivity index (χ1) is 17.8. The third-order valence-electron chi connectivity index (χ3n) is 6.33. The molecule has 2 aliphatic rings. The summed E-state index contributed by atoms with van der Waals surface area (Å²) in [5.41, 5.74) is 1.68. The number of sulfonamides is 2. The van der Waals surface area contributed by atoms with Gasteiger partial charge in [-0.05, 0) is 54.1 Å². The Kier molecular flexibility index (Phi) is 6.99. The highest BCUT2D eigenvalue weighted by Crippen LogP contribution is 2.32. The molecule has 1 N–H and O–H groups in total. The number of anilines is 1. The molecular formula is C25H27N3O7S2. The summed E-state index contributed by atoms with van der Waals surface area (Å²) in [7, 11) is -6.01. The van der Waals surface area contributed by atoms with Gasteiger partial charge in [0, 0.05) is 44.5 Å². The summed E-state index contributed by atoms with van der Waals surface area (Å²) in [5, 5.41) is 0. The van der Waals surface area contributed by atoms with E-state index >= 15 is 0 Å². The molecule has 2 aliphatic heterocycles. The lowest BCUT2D eigenvalue weighted by Gasteiger charge is -2.35. The summed E-state index contributed by atoms with van der Waals surface area (Å²) in [5.74, 6) is 1.92. The molecule has 0 spiro atoms. The highest BCUT2D eigenvalue weighted by Gasteiger charge is 2.29. The third-order valence-corrected chi connectivity index (χ3v) is 9.66. The predicted octanol–water partition coefficient (Wildman–Crippen LogP) is 2.41. The number of benzene rings is 3. The second-order valence-electron chi connectivity index (χ2n) is 8.58. The lowest BCUT2D eigenvalue weighted by Crippen LogP contribution is -2.48. The Morgan fingerprint density at radius 2 is 1.54 bits per heavy atom. The van der Waals surface area contributed by atoms with Crippen molar-refractivity contribution in [3.8, 4) is 17.2 Å². The van der Waals surface area contributed by atoms with Gasteiger partial charge in [-0.15, -0.1) is 0 Å². The molecule has 1 fully saturated rings. The highest BCUT2D eigenvalue weighted by atomic mass is 32.2. The van der Waals surface area contributed by atoms with E-state index in [4.69, 9.17) is 14.2 Å². The zero-order chi connectivity index (χ0) is 26.0. The average molecular weight is 546 g/mol. The number of rotatable bonds is 8. The number of nitrogens with zero attached hydrogens (tertiary/aromatic N) is 2. The van der Waals surface area contributed by atoms with Gasteiger partial charge in [-0.2, -0.15) is 4.31 Å². The van der Waals surface area contributed by atoms with Crippen LogP contribution in [0.25, 0.3) is 0 Å². The maximum absolute atomic E-state index is 13.2. The van der Waals surface area contributed by atoms with Gasteiger partial charge in [-0.3, -0.25) is 0 Å². The van der Waals surface area contributed by atoms with Crippen LogP contribution in [-0.2, 0) is 26.6 Å². The number of nitrogens with one attached hydrogen (secondary N) is 1. The molecule has 1 saturated heterocycles. The summed E-state index contributed by atoms with van der Waals surface area (Å²) >= 11 is 0. The quantitative estimate of drug-likeness (QED) is 0.459. The number of methoxy groups -OCH3 is 1. The highest BCUT2D eigenvalue weighted by molar-refractivity contribution is 7.89. The fourth-order valence-electron chi connectivity index (χ4n) is 4.25. The first-order valence-electron chi connectivity index (χ1n) is 11.6. The lowest BCUT2D eigenvalue weighted by atomic mass is 10.2. The van der Waals surface area contributed by atoms with Crippen molar-refractivity contribution in [3.05, 3.63) is 72.3 Å². The summed E-state index contributed by atoms with van der Waals surface area (Å²) in [6, 6.07) is 18.1. The van der Waals surface area contributed by atoms with Gasteiger partial charge in [-0.25, -0.2) is 21.6 Å². The average Bonchev–Trinajstić information content (AvgIpc) is 3.40. The van der Waals surface area contributed by atoms with Crippen LogP contribution in [0, 0.1) is 0 Å². The zero-order valence-corrected chi connectivity index (χ0v) is 21.8. The lowest BCUT2D eigenvalue weighted by molar-refractivity contribution is 0.174. The second kappa shape index (κ2) is 10.2. The SMILES string of the molecule is COc1cccc(N2CCN(S(=O)(=O)c3ccc(S(=O)(=O)NCc4ccc5c(c4)OCO5)cc3)CC2)c1. The van der Waals surface area contributed by atoms with Crippen LogP contribution in [0.2, 0.25) is 0 Å². The third kappa shape index (κ3) is 5.37. The first kappa shape index (κ1) is 25.3. The summed E-state index contributed by atoms with van der Waals surface area (Å²) in [6.07, 6.45) is 0. The molecule has 12 heteroatoms. The zero-order valence-electron chi connectivity index (χ0n) is 20.2. The van der Waals surface area contributed by atoms with Gasteiger partial charge in [0.2, 0.25) is 26.8 Å². The fraction of sp³-hybridized carbons (Fsp3) is 0.280. The van der Waals surface area contributed by atoms with E-state index in [0.29, 0.717) is 43.2 Å². The maximum atomic E-state index is 13.2. The monoisotopic (exact) mass is 545 g/mol. The number of hydrogen-bond acceptors (Lipinski definition) is 8. The minimum Gasteiger partial charge on any atom is -0.497 e. The molecule has 5 rings (SSSR count). The molecule has 0 aliphatic carbocycles. The predicted molar refractivity (Wildman–Crippen MR) is 137 cm³/mol. The molecule has 0 bridgehead atoms. The Bertz CT molecular complexity index is 1480. The van der Waals surface area contributed by atoms with Crippen molar-refractivity contribution < 1.29 is 31.0 Å². The summed E-state index contributed by atoms with van der Waals surface area (Å²) in [4.78, 5) is 2.14. The largest absolute Gasteiger partial charge is 0.497 e. The molecule has 3 aromatic rings. The van der Waals surface area contributed by atoms with Crippen molar-refractivity contribution in [1.29, 1.82) is 0 Å². The van der Waals surface area contributed by atoms with Gasteiger partial charge in [-0.1, -0.05) is 12.1 Å². The van der Waals surface area contributed by atoms with Crippen LogP contribution in [0.5, 0.6) is 17.2 Å². The van der Waals surface area contributed by atoms with Crippen molar-refractivity contribution in [2.45, 2.75) is 16.3 Å². The van der Waals surface area contributed by atoms with Crippen LogP contribution in [0.1, 0.15) is 5.56 Å². The van der Waals surface area contributed by atoms with Gasteiger partial charge < -0.3 is 19.1 Å². The van der Waals surface area contributed by atoms with E-state index < -0.39 is 20.0 Å². The molecular weight excluding hydrogens is 518 g/mol. The fourth-order valence-corrected chi connectivity index (χ4v) is 6.69. The van der Waals surface area contributed by atoms with Crippen LogP contribution in [0.3, 0.4) is 0 Å². The normalized spacial score (nSPS) is 16.1. The smallest absolute Gasteiger partial charge is 0.243 e. The number of hydrogen-bond donors (Lipinski definition) is 1. The topological polar surface area (TPSA) is 114 Å². The van der Waals surface area contributed by atoms with Gasteiger partial charge in [0.15, 0.2) is 11.5 Å². The molecule has 196 valence electrons. The second-order valence-corrected chi connectivity index (χ2v) is 12.3. The Morgan fingerprint density at radius 3 is 2.27 bits per heavy atom. The van der Waals surface area contributed by atoms with E-state index in [0.717, 1.165) is 11.4 Å². The molecule has 3 aromatic carbocycles. The molecule has 0 unspecified atom stereocenters. The van der Waals surface area contributed by atoms with Crippen molar-refractivity contribution in [3.63, 3.8) is 0 Å². The summed E-state index contributed by atoms with van der Waals surface area (Å²) in [6.45, 7) is 1.88. The van der Waals surface area contributed by atoms with Crippen LogP contribution in [0.15, 0.2) is 76.5 Å². The van der Waals surface area contributed by atoms with Crippen molar-refractivity contribution in [2.24, 2.45) is 0 Å². The van der Waals surface area contributed by atoms with E-state index in [1.807, 2.05) is 24.3 Å². The Labute approximate surface area is 216 Å². The summed E-state index contributed by atoms with van der Waals surface area (Å²) < 4.78 is 71.8. The number of piperazine rings is 1. The number of ether oxygens (including phenoxy) is 3. The molecule has 0 aromatic heterocycles. The van der Waals surface area contributed by atoms with Gasteiger partial charge in [0.1, 0.15) is 5.75 Å².